The average Bonchev–Trinajstić information content (AvgIpc) is 2.43. The first-order chi connectivity index (χ1) is 6.84. The Labute approximate surface area is 84.5 Å². The van der Waals surface area contributed by atoms with Crippen molar-refractivity contribution in [1.29, 1.82) is 0 Å². The Morgan fingerprint density at radius 2 is 2.29 bits per heavy atom. The van der Waals surface area contributed by atoms with E-state index >= 15 is 0 Å². The molecule has 0 aromatic carbocycles. The molecule has 14 heavy (non-hydrogen) atoms. The van der Waals surface area contributed by atoms with Gasteiger partial charge in [0.15, 0.2) is 5.82 Å². The third kappa shape index (κ3) is 2.54. The summed E-state index contributed by atoms with van der Waals surface area (Å²) in [4.78, 5) is 4.33. The van der Waals surface area contributed by atoms with Crippen molar-refractivity contribution < 1.29 is 0 Å². The number of hydrogen-bond acceptors (Lipinski definition) is 3. The summed E-state index contributed by atoms with van der Waals surface area (Å²) in [5.74, 6) is 1.86. The zero-order valence-electron chi connectivity index (χ0n) is 8.71. The molecular formula is C10H18N4. The number of aromatic nitrogens is 3. The Balaban J connectivity index is 1.89. The second-order valence-corrected chi connectivity index (χ2v) is 4.04. The number of H-pyrrole nitrogens is 1. The highest BCUT2D eigenvalue weighted by Crippen LogP contribution is 2.11. The summed E-state index contributed by atoms with van der Waals surface area (Å²) in [6.45, 7) is 3.09. The minimum atomic E-state index is 0.577. The summed E-state index contributed by atoms with van der Waals surface area (Å²) in [6.07, 6.45) is 6.22. The van der Waals surface area contributed by atoms with E-state index in [1.165, 1.54) is 25.7 Å². The lowest BCUT2D eigenvalue weighted by atomic mass is 10.1. The molecule has 2 heterocycles. The number of hydrogen-bond donors (Lipinski definition) is 2. The standard InChI is InChI=1S/C10H18N4/c1-8-12-10(14-13-8)7-9-5-3-2-4-6-11-9/h9,11H,2-7H2,1H3,(H,12,13,14). The highest BCUT2D eigenvalue weighted by Gasteiger charge is 2.13. The first kappa shape index (κ1) is 9.65. The third-order valence-electron chi connectivity index (χ3n) is 2.73. The summed E-state index contributed by atoms with van der Waals surface area (Å²) < 4.78 is 0. The minimum Gasteiger partial charge on any atom is -0.314 e. The monoisotopic (exact) mass is 194 g/mol. The summed E-state index contributed by atoms with van der Waals surface area (Å²) >= 11 is 0. The largest absolute Gasteiger partial charge is 0.314 e. The van der Waals surface area contributed by atoms with Crippen LogP contribution in [0.4, 0.5) is 0 Å². The van der Waals surface area contributed by atoms with Crippen LogP contribution in [-0.4, -0.2) is 27.8 Å². The molecule has 0 aliphatic carbocycles. The van der Waals surface area contributed by atoms with Crippen LogP contribution in [0.2, 0.25) is 0 Å². The molecule has 1 unspecified atom stereocenters. The van der Waals surface area contributed by atoms with Gasteiger partial charge in [0.2, 0.25) is 0 Å². The lowest BCUT2D eigenvalue weighted by Gasteiger charge is -2.12. The van der Waals surface area contributed by atoms with E-state index in [0.29, 0.717) is 6.04 Å². The van der Waals surface area contributed by atoms with Crippen molar-refractivity contribution in [2.45, 2.75) is 45.1 Å². The van der Waals surface area contributed by atoms with E-state index in [0.717, 1.165) is 24.6 Å². The molecule has 1 fully saturated rings. The van der Waals surface area contributed by atoms with Crippen molar-refractivity contribution >= 4 is 0 Å². The van der Waals surface area contributed by atoms with Gasteiger partial charge >= 0.3 is 0 Å². The second kappa shape index (κ2) is 4.55. The smallest absolute Gasteiger partial charge is 0.152 e. The molecule has 1 aliphatic heterocycles. The van der Waals surface area contributed by atoms with Gasteiger partial charge in [-0.1, -0.05) is 12.8 Å². The van der Waals surface area contributed by atoms with Crippen molar-refractivity contribution in [3.8, 4) is 0 Å². The predicted octanol–water partition coefficient (Wildman–Crippen LogP) is 1.19. The van der Waals surface area contributed by atoms with Crippen LogP contribution in [0.5, 0.6) is 0 Å². The fourth-order valence-electron chi connectivity index (χ4n) is 1.98. The van der Waals surface area contributed by atoms with Crippen LogP contribution in [0.3, 0.4) is 0 Å². The normalized spacial score (nSPS) is 23.4. The van der Waals surface area contributed by atoms with E-state index in [-0.39, 0.29) is 0 Å². The fourth-order valence-corrected chi connectivity index (χ4v) is 1.98. The van der Waals surface area contributed by atoms with Crippen molar-refractivity contribution in [3.05, 3.63) is 11.6 Å². The van der Waals surface area contributed by atoms with Gasteiger partial charge in [0, 0.05) is 12.5 Å². The molecule has 78 valence electrons. The van der Waals surface area contributed by atoms with Crippen LogP contribution < -0.4 is 5.32 Å². The van der Waals surface area contributed by atoms with Crippen molar-refractivity contribution in [1.82, 2.24) is 20.5 Å². The SMILES string of the molecule is Cc1nc(CC2CCCCCN2)n[nH]1. The van der Waals surface area contributed by atoms with E-state index in [1.807, 2.05) is 6.92 Å². The van der Waals surface area contributed by atoms with Crippen molar-refractivity contribution in [2.75, 3.05) is 6.54 Å². The van der Waals surface area contributed by atoms with Gasteiger partial charge in [-0.2, -0.15) is 5.10 Å². The summed E-state index contributed by atoms with van der Waals surface area (Å²) in [5.41, 5.74) is 0. The van der Waals surface area contributed by atoms with Crippen molar-refractivity contribution in [3.63, 3.8) is 0 Å². The molecule has 1 aromatic rings. The molecule has 4 nitrogen and oxygen atoms in total. The zero-order chi connectivity index (χ0) is 9.80. The molecule has 2 rings (SSSR count). The Morgan fingerprint density at radius 3 is 3.07 bits per heavy atom. The molecule has 1 atom stereocenters. The van der Waals surface area contributed by atoms with Crippen molar-refractivity contribution in [2.24, 2.45) is 0 Å². The van der Waals surface area contributed by atoms with Crippen LogP contribution in [0.15, 0.2) is 0 Å². The van der Waals surface area contributed by atoms with Gasteiger partial charge in [-0.05, 0) is 26.3 Å². The van der Waals surface area contributed by atoms with E-state index in [1.54, 1.807) is 0 Å². The van der Waals surface area contributed by atoms with Gasteiger partial charge in [-0.25, -0.2) is 4.98 Å². The minimum absolute atomic E-state index is 0.577. The molecule has 0 spiro atoms. The summed E-state index contributed by atoms with van der Waals surface area (Å²) in [7, 11) is 0. The second-order valence-electron chi connectivity index (χ2n) is 4.04. The maximum atomic E-state index is 4.33. The Bertz CT molecular complexity index is 273. The first-order valence-corrected chi connectivity index (χ1v) is 5.46. The first-order valence-electron chi connectivity index (χ1n) is 5.46. The van der Waals surface area contributed by atoms with Crippen LogP contribution in [0, 0.1) is 6.92 Å². The number of nitrogens with one attached hydrogen (secondary N) is 2. The van der Waals surface area contributed by atoms with E-state index in [2.05, 4.69) is 20.5 Å². The van der Waals surface area contributed by atoms with E-state index in [4.69, 9.17) is 0 Å². The number of aryl methyl sites for hydroxylation is 1. The number of aromatic amines is 1. The lowest BCUT2D eigenvalue weighted by Crippen LogP contribution is -2.30. The maximum absolute atomic E-state index is 4.33. The topological polar surface area (TPSA) is 53.6 Å². The third-order valence-corrected chi connectivity index (χ3v) is 2.73. The van der Waals surface area contributed by atoms with Crippen LogP contribution >= 0.6 is 0 Å². The molecular weight excluding hydrogens is 176 g/mol. The zero-order valence-corrected chi connectivity index (χ0v) is 8.71. The van der Waals surface area contributed by atoms with Crippen LogP contribution in [-0.2, 0) is 6.42 Å². The highest BCUT2D eigenvalue weighted by molar-refractivity contribution is 4.91. The molecule has 0 bridgehead atoms. The molecule has 1 aliphatic rings. The quantitative estimate of drug-likeness (QED) is 0.743. The lowest BCUT2D eigenvalue weighted by molar-refractivity contribution is 0.498. The van der Waals surface area contributed by atoms with Gasteiger partial charge in [-0.3, -0.25) is 5.10 Å². The predicted molar refractivity (Wildman–Crippen MR) is 55.1 cm³/mol. The highest BCUT2D eigenvalue weighted by atomic mass is 15.2. The Morgan fingerprint density at radius 1 is 1.36 bits per heavy atom. The van der Waals surface area contributed by atoms with E-state index in [9.17, 15) is 0 Å². The fraction of sp³-hybridized carbons (Fsp3) is 0.800. The van der Waals surface area contributed by atoms with Gasteiger partial charge in [0.1, 0.15) is 5.82 Å². The Hall–Kier alpha value is -0.900. The molecule has 4 heteroatoms. The molecule has 1 aromatic heterocycles. The number of nitrogens with zero attached hydrogens (tertiary/aromatic N) is 2. The van der Waals surface area contributed by atoms with Gasteiger partial charge in [-0.15, -0.1) is 0 Å². The number of rotatable bonds is 2. The summed E-state index contributed by atoms with van der Waals surface area (Å²) in [6, 6.07) is 0.577. The average molecular weight is 194 g/mol. The molecule has 0 amide bonds. The van der Waals surface area contributed by atoms with Gasteiger partial charge in [0.25, 0.3) is 0 Å². The molecule has 0 radical (unpaired) electrons. The molecule has 2 N–H and O–H groups in total. The Kier molecular flexibility index (Phi) is 3.14. The van der Waals surface area contributed by atoms with Crippen LogP contribution in [0.1, 0.15) is 37.3 Å². The molecule has 1 saturated heterocycles. The van der Waals surface area contributed by atoms with E-state index < -0.39 is 0 Å². The maximum Gasteiger partial charge on any atom is 0.152 e. The molecule has 0 saturated carbocycles. The van der Waals surface area contributed by atoms with Crippen LogP contribution in [0.25, 0.3) is 0 Å². The van der Waals surface area contributed by atoms with Gasteiger partial charge in [0.05, 0.1) is 0 Å². The van der Waals surface area contributed by atoms with Gasteiger partial charge < -0.3 is 5.32 Å². The summed E-state index contributed by atoms with van der Waals surface area (Å²) in [5, 5.41) is 10.6.